The Kier molecular flexibility index (Phi) is 3.32. The molecule has 1 atom stereocenters. The first-order valence-electron chi connectivity index (χ1n) is 6.34. The Morgan fingerprint density at radius 3 is 3.22 bits per heavy atom. The second kappa shape index (κ2) is 5.27. The molecule has 5 nitrogen and oxygen atoms in total. The number of hydrogen-bond acceptors (Lipinski definition) is 5. The van der Waals surface area contributed by atoms with Crippen molar-refractivity contribution in [3.8, 4) is 0 Å². The molecule has 2 aromatic rings. The number of hydrogen-bond donors (Lipinski definition) is 1. The molecule has 3 heterocycles. The summed E-state index contributed by atoms with van der Waals surface area (Å²) >= 11 is 0. The molecule has 1 unspecified atom stereocenters. The van der Waals surface area contributed by atoms with E-state index in [2.05, 4.69) is 20.4 Å². The monoisotopic (exact) mass is 244 g/mol. The second-order valence-corrected chi connectivity index (χ2v) is 4.63. The number of rotatable bonds is 3. The van der Waals surface area contributed by atoms with Gasteiger partial charge < -0.3 is 9.84 Å². The van der Waals surface area contributed by atoms with E-state index in [0.717, 1.165) is 36.8 Å². The van der Waals surface area contributed by atoms with Crippen molar-refractivity contribution < 1.29 is 4.52 Å². The van der Waals surface area contributed by atoms with Gasteiger partial charge in [-0.1, -0.05) is 11.2 Å². The average molecular weight is 244 g/mol. The third kappa shape index (κ3) is 2.56. The largest absolute Gasteiger partial charge is 0.339 e. The summed E-state index contributed by atoms with van der Waals surface area (Å²) in [5.74, 6) is 1.87. The topological polar surface area (TPSA) is 63.8 Å². The third-order valence-corrected chi connectivity index (χ3v) is 3.21. The Morgan fingerprint density at radius 2 is 2.44 bits per heavy atom. The van der Waals surface area contributed by atoms with Gasteiger partial charge in [0.2, 0.25) is 5.89 Å². The third-order valence-electron chi connectivity index (χ3n) is 3.21. The van der Waals surface area contributed by atoms with Crippen LogP contribution in [0.25, 0.3) is 0 Å². The molecule has 0 aromatic carbocycles. The molecule has 1 aliphatic heterocycles. The summed E-state index contributed by atoms with van der Waals surface area (Å²) < 4.78 is 5.35. The van der Waals surface area contributed by atoms with Crippen LogP contribution in [0, 0.1) is 0 Å². The summed E-state index contributed by atoms with van der Waals surface area (Å²) in [5.41, 5.74) is 1.10. The van der Waals surface area contributed by atoms with E-state index in [1.807, 2.05) is 18.3 Å². The first-order chi connectivity index (χ1) is 8.92. The van der Waals surface area contributed by atoms with Gasteiger partial charge in [-0.15, -0.1) is 0 Å². The summed E-state index contributed by atoms with van der Waals surface area (Å²) in [7, 11) is 0. The number of nitrogens with one attached hydrogen (secondary N) is 1. The van der Waals surface area contributed by atoms with Crippen LogP contribution in [0.4, 0.5) is 0 Å². The van der Waals surface area contributed by atoms with Crippen molar-refractivity contribution in [1.29, 1.82) is 0 Å². The van der Waals surface area contributed by atoms with Crippen LogP contribution in [0.3, 0.4) is 0 Å². The lowest BCUT2D eigenvalue weighted by atomic mass is 10.00. The Morgan fingerprint density at radius 1 is 1.44 bits per heavy atom. The summed E-state index contributed by atoms with van der Waals surface area (Å²) in [6.45, 7) is 2.03. The van der Waals surface area contributed by atoms with Crippen LogP contribution in [-0.2, 0) is 6.42 Å². The first-order valence-corrected chi connectivity index (χ1v) is 6.34. The molecule has 0 radical (unpaired) electrons. The molecule has 18 heavy (non-hydrogen) atoms. The van der Waals surface area contributed by atoms with Gasteiger partial charge in [-0.25, -0.2) is 0 Å². The van der Waals surface area contributed by atoms with Gasteiger partial charge >= 0.3 is 0 Å². The van der Waals surface area contributed by atoms with Gasteiger partial charge in [0.25, 0.3) is 0 Å². The molecule has 94 valence electrons. The van der Waals surface area contributed by atoms with Crippen LogP contribution >= 0.6 is 0 Å². The van der Waals surface area contributed by atoms with Crippen LogP contribution in [0.15, 0.2) is 29.0 Å². The zero-order valence-electron chi connectivity index (χ0n) is 10.2. The standard InChI is InChI=1S/C13H16N4O/c1-3-10(8-14-5-1)7-12-16-13(18-17-12)11-4-2-6-15-9-11/h1,3,5,8,11,15H,2,4,6-7,9H2. The van der Waals surface area contributed by atoms with Crippen molar-refractivity contribution in [3.63, 3.8) is 0 Å². The van der Waals surface area contributed by atoms with Crippen LogP contribution in [0.2, 0.25) is 0 Å². The Labute approximate surface area is 106 Å². The van der Waals surface area contributed by atoms with Crippen molar-refractivity contribution in [2.24, 2.45) is 0 Å². The minimum atomic E-state index is 0.369. The lowest BCUT2D eigenvalue weighted by Gasteiger charge is -2.18. The molecule has 1 fully saturated rings. The van der Waals surface area contributed by atoms with Crippen molar-refractivity contribution >= 4 is 0 Å². The molecule has 5 heteroatoms. The highest BCUT2D eigenvalue weighted by molar-refractivity contribution is 5.14. The van der Waals surface area contributed by atoms with E-state index < -0.39 is 0 Å². The van der Waals surface area contributed by atoms with Gasteiger partial charge in [0.15, 0.2) is 5.82 Å². The lowest BCUT2D eigenvalue weighted by molar-refractivity contribution is 0.320. The molecule has 0 amide bonds. The van der Waals surface area contributed by atoms with E-state index in [-0.39, 0.29) is 0 Å². The van der Waals surface area contributed by atoms with Crippen molar-refractivity contribution in [3.05, 3.63) is 41.8 Å². The van der Waals surface area contributed by atoms with E-state index in [0.29, 0.717) is 12.3 Å². The first kappa shape index (κ1) is 11.3. The molecule has 2 aromatic heterocycles. The Hall–Kier alpha value is -1.75. The molecule has 0 bridgehead atoms. The van der Waals surface area contributed by atoms with Gasteiger partial charge in [-0.3, -0.25) is 4.98 Å². The van der Waals surface area contributed by atoms with Gasteiger partial charge in [0, 0.05) is 25.4 Å². The van der Waals surface area contributed by atoms with Crippen LogP contribution in [-0.4, -0.2) is 28.2 Å². The molecule has 0 aliphatic carbocycles. The maximum absolute atomic E-state index is 5.35. The Balaban J connectivity index is 1.69. The van der Waals surface area contributed by atoms with Crippen molar-refractivity contribution in [1.82, 2.24) is 20.4 Å². The normalized spacial score (nSPS) is 19.9. The quantitative estimate of drug-likeness (QED) is 0.887. The number of nitrogens with zero attached hydrogens (tertiary/aromatic N) is 3. The smallest absolute Gasteiger partial charge is 0.231 e. The predicted octanol–water partition coefficient (Wildman–Crippen LogP) is 1.52. The fourth-order valence-corrected chi connectivity index (χ4v) is 2.25. The van der Waals surface area contributed by atoms with Gasteiger partial charge in [-0.2, -0.15) is 4.98 Å². The van der Waals surface area contributed by atoms with E-state index in [4.69, 9.17) is 4.52 Å². The molecule has 3 rings (SSSR count). The zero-order valence-corrected chi connectivity index (χ0v) is 10.2. The van der Waals surface area contributed by atoms with Gasteiger partial charge in [0.1, 0.15) is 0 Å². The Bertz CT molecular complexity index is 491. The van der Waals surface area contributed by atoms with E-state index >= 15 is 0 Å². The molecule has 0 spiro atoms. The van der Waals surface area contributed by atoms with Crippen LogP contribution in [0.1, 0.15) is 36.0 Å². The average Bonchev–Trinajstić information content (AvgIpc) is 2.89. The molecular formula is C13H16N4O. The minimum absolute atomic E-state index is 0.369. The molecule has 0 saturated carbocycles. The summed E-state index contributed by atoms with van der Waals surface area (Å²) in [4.78, 5) is 8.56. The fourth-order valence-electron chi connectivity index (χ4n) is 2.25. The number of aromatic nitrogens is 3. The molecule has 1 aliphatic rings. The van der Waals surface area contributed by atoms with Crippen molar-refractivity contribution in [2.45, 2.75) is 25.2 Å². The summed E-state index contributed by atoms with van der Waals surface area (Å²) in [5, 5.41) is 7.40. The van der Waals surface area contributed by atoms with Gasteiger partial charge in [-0.05, 0) is 31.0 Å². The maximum atomic E-state index is 5.35. The number of piperidine rings is 1. The maximum Gasteiger partial charge on any atom is 0.231 e. The van der Waals surface area contributed by atoms with Crippen LogP contribution in [0.5, 0.6) is 0 Å². The fraction of sp³-hybridized carbons (Fsp3) is 0.462. The van der Waals surface area contributed by atoms with E-state index in [9.17, 15) is 0 Å². The number of pyridine rings is 1. The van der Waals surface area contributed by atoms with E-state index in [1.54, 1.807) is 6.20 Å². The highest BCUT2D eigenvalue weighted by atomic mass is 16.5. The predicted molar refractivity (Wildman–Crippen MR) is 66.2 cm³/mol. The zero-order chi connectivity index (χ0) is 12.2. The summed E-state index contributed by atoms with van der Waals surface area (Å²) in [6, 6.07) is 3.94. The molecule has 1 N–H and O–H groups in total. The highest BCUT2D eigenvalue weighted by Gasteiger charge is 2.21. The lowest BCUT2D eigenvalue weighted by Crippen LogP contribution is -2.28. The van der Waals surface area contributed by atoms with E-state index in [1.165, 1.54) is 6.42 Å². The summed E-state index contributed by atoms with van der Waals surface area (Å²) in [6.07, 6.45) is 6.57. The second-order valence-electron chi connectivity index (χ2n) is 4.63. The van der Waals surface area contributed by atoms with Crippen molar-refractivity contribution in [2.75, 3.05) is 13.1 Å². The SMILES string of the molecule is c1cncc(Cc2noc(C3CCCNC3)n2)c1. The molecular weight excluding hydrogens is 228 g/mol. The highest BCUT2D eigenvalue weighted by Crippen LogP contribution is 2.21. The van der Waals surface area contributed by atoms with Crippen LogP contribution < -0.4 is 5.32 Å². The minimum Gasteiger partial charge on any atom is -0.339 e. The van der Waals surface area contributed by atoms with Gasteiger partial charge in [0.05, 0.1) is 5.92 Å². The molecule has 1 saturated heterocycles.